The van der Waals surface area contributed by atoms with Gasteiger partial charge < -0.3 is 15.0 Å². The molecule has 1 aromatic heterocycles. The number of carbonyl (C=O) groups excluding carboxylic acids is 1. The Labute approximate surface area is 116 Å². The van der Waals surface area contributed by atoms with E-state index in [4.69, 9.17) is 22.1 Å². The lowest BCUT2D eigenvalue weighted by molar-refractivity contribution is 0.0514. The molecule has 0 unspecified atom stereocenters. The Bertz CT molecular complexity index is 593. The van der Waals surface area contributed by atoms with Gasteiger partial charge >= 0.3 is 5.97 Å². The summed E-state index contributed by atoms with van der Waals surface area (Å²) < 4.78 is 6.81. The monoisotopic (exact) mass is 278 g/mol. The largest absolute Gasteiger partial charge is 0.461 e. The number of halogens is 1. The molecule has 0 saturated carbocycles. The van der Waals surface area contributed by atoms with Gasteiger partial charge in [0.15, 0.2) is 0 Å². The number of nitrogens with two attached hydrogens (primary N) is 1. The van der Waals surface area contributed by atoms with Gasteiger partial charge in [-0.05, 0) is 36.8 Å². The smallest absolute Gasteiger partial charge is 0.354 e. The summed E-state index contributed by atoms with van der Waals surface area (Å²) in [6.07, 6.45) is 1.82. The first-order chi connectivity index (χ1) is 9.11. The Balaban J connectivity index is 2.24. The minimum atomic E-state index is -0.333. The molecule has 19 heavy (non-hydrogen) atoms. The highest BCUT2D eigenvalue weighted by Crippen LogP contribution is 2.20. The van der Waals surface area contributed by atoms with E-state index in [1.54, 1.807) is 35.8 Å². The zero-order chi connectivity index (χ0) is 13.8. The second-order valence-electron chi connectivity index (χ2n) is 4.08. The molecule has 1 aromatic carbocycles. The number of hydrogen-bond acceptors (Lipinski definition) is 3. The fraction of sp³-hybridized carbons (Fsp3) is 0.214. The highest BCUT2D eigenvalue weighted by atomic mass is 35.5. The Hall–Kier alpha value is -1.94. The van der Waals surface area contributed by atoms with Crippen LogP contribution < -0.4 is 5.73 Å². The van der Waals surface area contributed by atoms with Crippen LogP contribution in [-0.2, 0) is 11.3 Å². The van der Waals surface area contributed by atoms with Crippen molar-refractivity contribution in [3.63, 3.8) is 0 Å². The fourth-order valence-electron chi connectivity index (χ4n) is 1.84. The predicted molar refractivity (Wildman–Crippen MR) is 75.4 cm³/mol. The molecule has 0 bridgehead atoms. The van der Waals surface area contributed by atoms with Crippen LogP contribution in [0, 0.1) is 0 Å². The lowest BCUT2D eigenvalue weighted by Gasteiger charge is -2.10. The van der Waals surface area contributed by atoms with Crippen LogP contribution in [0.2, 0.25) is 5.02 Å². The molecule has 0 saturated heterocycles. The maximum Gasteiger partial charge on any atom is 0.354 e. The lowest BCUT2D eigenvalue weighted by Crippen LogP contribution is -2.13. The van der Waals surface area contributed by atoms with E-state index < -0.39 is 0 Å². The van der Waals surface area contributed by atoms with E-state index in [0.717, 1.165) is 5.56 Å². The van der Waals surface area contributed by atoms with E-state index in [2.05, 4.69) is 0 Å². The van der Waals surface area contributed by atoms with Crippen LogP contribution in [0.5, 0.6) is 0 Å². The van der Waals surface area contributed by atoms with Gasteiger partial charge in [-0.3, -0.25) is 0 Å². The second kappa shape index (κ2) is 5.80. The third-order valence-corrected chi connectivity index (χ3v) is 3.00. The minimum Gasteiger partial charge on any atom is -0.461 e. The zero-order valence-electron chi connectivity index (χ0n) is 10.6. The Kier molecular flexibility index (Phi) is 4.12. The van der Waals surface area contributed by atoms with Crippen molar-refractivity contribution >= 4 is 23.3 Å². The molecular weight excluding hydrogens is 264 g/mol. The molecule has 0 spiro atoms. The number of nitrogens with zero attached hydrogens (tertiary/aromatic N) is 1. The summed E-state index contributed by atoms with van der Waals surface area (Å²) in [5.41, 5.74) is 7.94. The Morgan fingerprint density at radius 1 is 1.42 bits per heavy atom. The van der Waals surface area contributed by atoms with Crippen LogP contribution >= 0.6 is 11.6 Å². The van der Waals surface area contributed by atoms with E-state index in [0.29, 0.717) is 29.6 Å². The van der Waals surface area contributed by atoms with E-state index in [1.165, 1.54) is 0 Å². The van der Waals surface area contributed by atoms with Gasteiger partial charge in [0, 0.05) is 23.5 Å². The molecular formula is C14H15ClN2O2. The molecule has 2 aromatic rings. The molecule has 0 aliphatic heterocycles. The molecule has 2 N–H and O–H groups in total. The van der Waals surface area contributed by atoms with Gasteiger partial charge in [-0.15, -0.1) is 0 Å². The Morgan fingerprint density at radius 2 is 2.21 bits per heavy atom. The maximum absolute atomic E-state index is 11.8. The van der Waals surface area contributed by atoms with Crippen LogP contribution in [0.3, 0.4) is 0 Å². The summed E-state index contributed by atoms with van der Waals surface area (Å²) in [5.74, 6) is -0.333. The number of benzene rings is 1. The number of aromatic nitrogens is 1. The topological polar surface area (TPSA) is 57.2 Å². The lowest BCUT2D eigenvalue weighted by atomic mass is 10.2. The first-order valence-electron chi connectivity index (χ1n) is 5.98. The van der Waals surface area contributed by atoms with E-state index in [1.807, 2.05) is 12.3 Å². The molecule has 100 valence electrons. The molecule has 0 atom stereocenters. The molecule has 0 amide bonds. The number of ether oxygens (including phenoxy) is 1. The maximum atomic E-state index is 11.8. The van der Waals surface area contributed by atoms with Gasteiger partial charge in [0.1, 0.15) is 5.69 Å². The number of carbonyl (C=O) groups is 1. The van der Waals surface area contributed by atoms with Crippen molar-refractivity contribution in [3.05, 3.63) is 52.8 Å². The quantitative estimate of drug-likeness (QED) is 0.691. The summed E-state index contributed by atoms with van der Waals surface area (Å²) >= 11 is 5.86. The molecule has 0 aliphatic carbocycles. The number of esters is 1. The molecule has 5 heteroatoms. The summed E-state index contributed by atoms with van der Waals surface area (Å²) in [5, 5.41) is 0.597. The molecule has 1 heterocycles. The average molecular weight is 279 g/mol. The van der Waals surface area contributed by atoms with Gasteiger partial charge in [-0.2, -0.15) is 0 Å². The van der Waals surface area contributed by atoms with Crippen molar-refractivity contribution in [2.75, 3.05) is 12.3 Å². The number of nitrogen functional groups attached to an aromatic ring is 1. The standard InChI is InChI=1S/C14H15ClN2O2/c1-2-19-14(18)13-4-3-7-17(13)9-10-5-6-11(15)8-12(10)16/h3-8H,2,9,16H2,1H3. The van der Waals surface area contributed by atoms with Crippen LogP contribution in [0.4, 0.5) is 5.69 Å². The van der Waals surface area contributed by atoms with Crippen molar-refractivity contribution in [1.82, 2.24) is 4.57 Å². The predicted octanol–water partition coefficient (Wildman–Crippen LogP) is 2.95. The van der Waals surface area contributed by atoms with E-state index in [9.17, 15) is 4.79 Å². The molecule has 2 rings (SSSR count). The van der Waals surface area contributed by atoms with Crippen LogP contribution in [0.15, 0.2) is 36.5 Å². The molecule has 4 nitrogen and oxygen atoms in total. The van der Waals surface area contributed by atoms with Crippen molar-refractivity contribution in [2.24, 2.45) is 0 Å². The summed E-state index contributed by atoms with van der Waals surface area (Å²) in [6, 6.07) is 8.86. The fourth-order valence-corrected chi connectivity index (χ4v) is 2.02. The third-order valence-electron chi connectivity index (χ3n) is 2.76. The highest BCUT2D eigenvalue weighted by molar-refractivity contribution is 6.30. The van der Waals surface area contributed by atoms with Gasteiger partial charge in [0.25, 0.3) is 0 Å². The van der Waals surface area contributed by atoms with Gasteiger partial charge in [-0.25, -0.2) is 4.79 Å². The molecule has 0 radical (unpaired) electrons. The second-order valence-corrected chi connectivity index (χ2v) is 4.52. The minimum absolute atomic E-state index is 0.333. The summed E-state index contributed by atoms with van der Waals surface area (Å²) in [6.45, 7) is 2.64. The van der Waals surface area contributed by atoms with Crippen molar-refractivity contribution < 1.29 is 9.53 Å². The number of rotatable bonds is 4. The molecule has 0 fully saturated rings. The van der Waals surface area contributed by atoms with Gasteiger partial charge in [0.2, 0.25) is 0 Å². The van der Waals surface area contributed by atoms with Gasteiger partial charge in [-0.1, -0.05) is 17.7 Å². The summed E-state index contributed by atoms with van der Waals surface area (Å²) in [4.78, 5) is 11.8. The summed E-state index contributed by atoms with van der Waals surface area (Å²) in [7, 11) is 0. The van der Waals surface area contributed by atoms with Gasteiger partial charge in [0.05, 0.1) is 6.61 Å². The normalized spacial score (nSPS) is 10.4. The van der Waals surface area contributed by atoms with Crippen molar-refractivity contribution in [3.8, 4) is 0 Å². The first-order valence-corrected chi connectivity index (χ1v) is 6.35. The van der Waals surface area contributed by atoms with E-state index in [-0.39, 0.29) is 5.97 Å². The number of anilines is 1. The number of hydrogen-bond donors (Lipinski definition) is 1. The molecule has 0 aliphatic rings. The van der Waals surface area contributed by atoms with Crippen LogP contribution in [0.1, 0.15) is 23.0 Å². The zero-order valence-corrected chi connectivity index (χ0v) is 11.4. The van der Waals surface area contributed by atoms with E-state index >= 15 is 0 Å². The highest BCUT2D eigenvalue weighted by Gasteiger charge is 2.12. The SMILES string of the molecule is CCOC(=O)c1cccn1Cc1ccc(Cl)cc1N. The van der Waals surface area contributed by atoms with Crippen molar-refractivity contribution in [1.29, 1.82) is 0 Å². The van der Waals surface area contributed by atoms with Crippen molar-refractivity contribution in [2.45, 2.75) is 13.5 Å². The average Bonchev–Trinajstić information content (AvgIpc) is 2.81. The third kappa shape index (κ3) is 3.09. The first kappa shape index (κ1) is 13.5. The van der Waals surface area contributed by atoms with Crippen LogP contribution in [0.25, 0.3) is 0 Å². The Morgan fingerprint density at radius 3 is 2.89 bits per heavy atom. The van der Waals surface area contributed by atoms with Crippen LogP contribution in [-0.4, -0.2) is 17.1 Å².